The van der Waals surface area contributed by atoms with Crippen molar-refractivity contribution in [3.8, 4) is 0 Å². The molecule has 0 bridgehead atoms. The number of hydrogen-bond donors (Lipinski definition) is 1. The lowest BCUT2D eigenvalue weighted by Crippen LogP contribution is -2.52. The van der Waals surface area contributed by atoms with Gasteiger partial charge in [0.25, 0.3) is 5.69 Å². The first-order valence-electron chi connectivity index (χ1n) is 7.28. The largest absolute Gasteiger partial charge is 0.274 e. The minimum Gasteiger partial charge on any atom is -0.258 e. The average Bonchev–Trinajstić information content (AvgIpc) is 2.43. The van der Waals surface area contributed by atoms with Crippen LogP contribution >= 0.6 is 0 Å². The van der Waals surface area contributed by atoms with Crippen LogP contribution < -0.4 is 5.43 Å². The van der Waals surface area contributed by atoms with Crippen LogP contribution in [0.5, 0.6) is 0 Å². The Labute approximate surface area is 120 Å². The van der Waals surface area contributed by atoms with Gasteiger partial charge >= 0.3 is 0 Å². The molecule has 1 fully saturated rings. The molecule has 0 radical (unpaired) electrons. The van der Waals surface area contributed by atoms with Crippen LogP contribution in [-0.4, -0.2) is 22.0 Å². The molecule has 1 saturated heterocycles. The molecule has 0 aliphatic carbocycles. The molecular formula is C15H23N3O2. The van der Waals surface area contributed by atoms with Crippen LogP contribution in [0.4, 0.5) is 5.69 Å². The lowest BCUT2D eigenvalue weighted by molar-refractivity contribution is -0.385. The lowest BCUT2D eigenvalue weighted by Gasteiger charge is -2.40. The third-order valence-electron chi connectivity index (χ3n) is 4.14. The first-order chi connectivity index (χ1) is 9.50. The number of nitro groups is 1. The summed E-state index contributed by atoms with van der Waals surface area (Å²) >= 11 is 0. The van der Waals surface area contributed by atoms with Gasteiger partial charge in [0.2, 0.25) is 0 Å². The molecule has 1 aliphatic heterocycles. The van der Waals surface area contributed by atoms with E-state index < -0.39 is 0 Å². The van der Waals surface area contributed by atoms with E-state index in [4.69, 9.17) is 0 Å². The molecule has 3 atom stereocenters. The number of hydrazine groups is 1. The fraction of sp³-hybridized carbons (Fsp3) is 0.600. The van der Waals surface area contributed by atoms with Gasteiger partial charge in [0.15, 0.2) is 0 Å². The Balaban J connectivity index is 2.15. The van der Waals surface area contributed by atoms with Crippen molar-refractivity contribution in [2.45, 2.75) is 58.2 Å². The van der Waals surface area contributed by atoms with Crippen LogP contribution in [0.15, 0.2) is 24.3 Å². The number of nitro benzene ring substituents is 1. The Morgan fingerprint density at radius 2 is 1.90 bits per heavy atom. The summed E-state index contributed by atoms with van der Waals surface area (Å²) < 4.78 is 0. The van der Waals surface area contributed by atoms with Gasteiger partial charge in [-0.05, 0) is 33.6 Å². The van der Waals surface area contributed by atoms with Crippen molar-refractivity contribution < 1.29 is 4.92 Å². The summed E-state index contributed by atoms with van der Waals surface area (Å²) in [6, 6.07) is 7.81. The number of benzene rings is 1. The first-order valence-corrected chi connectivity index (χ1v) is 7.28. The molecule has 110 valence electrons. The predicted molar refractivity (Wildman–Crippen MR) is 79.3 cm³/mol. The zero-order valence-corrected chi connectivity index (χ0v) is 12.4. The van der Waals surface area contributed by atoms with Crippen LogP contribution in [-0.2, 0) is 0 Å². The van der Waals surface area contributed by atoms with Gasteiger partial charge in [-0.25, -0.2) is 10.4 Å². The van der Waals surface area contributed by atoms with E-state index in [0.29, 0.717) is 12.1 Å². The zero-order valence-electron chi connectivity index (χ0n) is 12.4. The van der Waals surface area contributed by atoms with Crippen molar-refractivity contribution in [3.63, 3.8) is 0 Å². The summed E-state index contributed by atoms with van der Waals surface area (Å²) in [5, 5.41) is 13.4. The standard InChI is InChI=1S/C15H23N3O2/c1-11-7-6-8-12(2)17(11)16-13(3)14-9-4-5-10-15(14)18(19)20/h4-5,9-13,16H,6-8H2,1-3H3. The number of hydrogen-bond acceptors (Lipinski definition) is 4. The van der Waals surface area contributed by atoms with Gasteiger partial charge in [0, 0.05) is 23.7 Å². The third kappa shape index (κ3) is 3.16. The summed E-state index contributed by atoms with van der Waals surface area (Å²) in [5.41, 5.74) is 4.38. The Bertz CT molecular complexity index is 468. The van der Waals surface area contributed by atoms with E-state index in [0.717, 1.165) is 5.56 Å². The van der Waals surface area contributed by atoms with Crippen LogP contribution in [0.25, 0.3) is 0 Å². The SMILES string of the molecule is CC(NN1C(C)CCCC1C)c1ccccc1[N+](=O)[O-]. The highest BCUT2D eigenvalue weighted by atomic mass is 16.6. The van der Waals surface area contributed by atoms with Crippen molar-refractivity contribution >= 4 is 5.69 Å². The van der Waals surface area contributed by atoms with Crippen molar-refractivity contribution in [1.29, 1.82) is 0 Å². The summed E-state index contributed by atoms with van der Waals surface area (Å²) in [5.74, 6) is 0. The number of para-hydroxylation sites is 1. The molecule has 5 heteroatoms. The summed E-state index contributed by atoms with van der Waals surface area (Å²) in [4.78, 5) is 10.8. The molecule has 0 saturated carbocycles. The minimum atomic E-state index is -0.309. The van der Waals surface area contributed by atoms with Gasteiger partial charge in [-0.15, -0.1) is 0 Å². The highest BCUT2D eigenvalue weighted by Gasteiger charge is 2.27. The molecule has 0 spiro atoms. The van der Waals surface area contributed by atoms with Gasteiger partial charge in [0.1, 0.15) is 0 Å². The molecular weight excluding hydrogens is 254 g/mol. The van der Waals surface area contributed by atoms with E-state index in [9.17, 15) is 10.1 Å². The van der Waals surface area contributed by atoms with Crippen molar-refractivity contribution in [2.75, 3.05) is 0 Å². The smallest absolute Gasteiger partial charge is 0.258 e. The molecule has 0 aromatic heterocycles. The van der Waals surface area contributed by atoms with E-state index in [2.05, 4.69) is 24.3 Å². The van der Waals surface area contributed by atoms with Gasteiger partial charge in [0.05, 0.1) is 11.0 Å². The predicted octanol–water partition coefficient (Wildman–Crippen LogP) is 3.42. The number of rotatable bonds is 4. The fourth-order valence-electron chi connectivity index (χ4n) is 2.99. The van der Waals surface area contributed by atoms with E-state index >= 15 is 0 Å². The van der Waals surface area contributed by atoms with Gasteiger partial charge in [-0.3, -0.25) is 10.1 Å². The second-order valence-electron chi connectivity index (χ2n) is 5.70. The Hall–Kier alpha value is -1.46. The first kappa shape index (κ1) is 14.9. The van der Waals surface area contributed by atoms with Gasteiger partial charge in [-0.1, -0.05) is 24.6 Å². The molecule has 1 aliphatic rings. The number of nitrogens with zero attached hydrogens (tertiary/aromatic N) is 2. The summed E-state index contributed by atoms with van der Waals surface area (Å²) in [6.45, 7) is 6.39. The quantitative estimate of drug-likeness (QED) is 0.676. The highest BCUT2D eigenvalue weighted by Crippen LogP contribution is 2.27. The second-order valence-corrected chi connectivity index (χ2v) is 5.70. The molecule has 20 heavy (non-hydrogen) atoms. The monoisotopic (exact) mass is 277 g/mol. The normalized spacial score (nSPS) is 25.4. The second kappa shape index (κ2) is 6.33. The number of nitrogens with one attached hydrogen (secondary N) is 1. The fourth-order valence-corrected chi connectivity index (χ4v) is 2.99. The maximum Gasteiger partial charge on any atom is 0.274 e. The van der Waals surface area contributed by atoms with E-state index in [-0.39, 0.29) is 16.7 Å². The molecule has 1 aromatic rings. The number of piperidine rings is 1. The lowest BCUT2D eigenvalue weighted by atomic mass is 9.99. The van der Waals surface area contributed by atoms with E-state index in [1.54, 1.807) is 12.1 Å². The molecule has 5 nitrogen and oxygen atoms in total. The highest BCUT2D eigenvalue weighted by molar-refractivity contribution is 5.41. The topological polar surface area (TPSA) is 58.4 Å². The van der Waals surface area contributed by atoms with Crippen molar-refractivity contribution in [2.24, 2.45) is 0 Å². The molecule has 1 aromatic carbocycles. The molecule has 1 N–H and O–H groups in total. The Kier molecular flexibility index (Phi) is 4.73. The molecule has 0 amide bonds. The third-order valence-corrected chi connectivity index (χ3v) is 4.14. The van der Waals surface area contributed by atoms with Crippen molar-refractivity contribution in [1.82, 2.24) is 10.4 Å². The minimum absolute atomic E-state index is 0.0698. The van der Waals surface area contributed by atoms with Crippen LogP contribution in [0.1, 0.15) is 51.6 Å². The maximum atomic E-state index is 11.1. The summed E-state index contributed by atoms with van der Waals surface area (Å²) in [7, 11) is 0. The molecule has 3 unspecified atom stereocenters. The molecule has 1 heterocycles. The molecule has 2 rings (SSSR count). The average molecular weight is 277 g/mol. The van der Waals surface area contributed by atoms with Gasteiger partial charge in [-0.2, -0.15) is 0 Å². The van der Waals surface area contributed by atoms with Crippen LogP contribution in [0, 0.1) is 10.1 Å². The van der Waals surface area contributed by atoms with Crippen molar-refractivity contribution in [3.05, 3.63) is 39.9 Å². The Morgan fingerprint density at radius 3 is 2.50 bits per heavy atom. The van der Waals surface area contributed by atoms with Gasteiger partial charge < -0.3 is 0 Å². The van der Waals surface area contributed by atoms with E-state index in [1.807, 2.05) is 19.1 Å². The maximum absolute atomic E-state index is 11.1. The van der Waals surface area contributed by atoms with Crippen LogP contribution in [0.2, 0.25) is 0 Å². The summed E-state index contributed by atoms with van der Waals surface area (Å²) in [6.07, 6.45) is 3.59. The van der Waals surface area contributed by atoms with Crippen LogP contribution in [0.3, 0.4) is 0 Å². The van der Waals surface area contributed by atoms with E-state index in [1.165, 1.54) is 19.3 Å². The Morgan fingerprint density at radius 1 is 1.30 bits per heavy atom. The zero-order chi connectivity index (χ0) is 14.7.